The lowest BCUT2D eigenvalue weighted by atomic mass is 10.1. The lowest BCUT2D eigenvalue weighted by Crippen LogP contribution is -2.15. The Balaban J connectivity index is 2.06. The van der Waals surface area contributed by atoms with Crippen LogP contribution >= 0.6 is 7.05 Å². The van der Waals surface area contributed by atoms with Gasteiger partial charge in [0.1, 0.15) is 0 Å². The normalized spacial score (nSPS) is 11.3. The van der Waals surface area contributed by atoms with E-state index in [1.54, 1.807) is 6.08 Å². The highest BCUT2D eigenvalue weighted by atomic mass is 31.2. The van der Waals surface area contributed by atoms with E-state index in [4.69, 9.17) is 0 Å². The minimum atomic E-state index is -2.38. The minimum absolute atomic E-state index is 0.253. The van der Waals surface area contributed by atoms with Gasteiger partial charge in [-0.1, -0.05) is 97.1 Å². The summed E-state index contributed by atoms with van der Waals surface area (Å²) in [4.78, 5) is 12.7. The number of benzene rings is 3. The van der Waals surface area contributed by atoms with Crippen molar-refractivity contribution in [1.29, 1.82) is 0 Å². The number of carbonyl (C=O) groups is 1. The molecule has 0 N–H and O–H groups in total. The van der Waals surface area contributed by atoms with Crippen LogP contribution in [-0.4, -0.2) is 5.91 Å². The first-order valence-corrected chi connectivity index (χ1v) is 10.6. The first-order valence-electron chi connectivity index (χ1n) is 8.79. The molecule has 3 aromatic carbocycles. The second-order valence-corrected chi connectivity index (χ2v) is 9.19. The van der Waals surface area contributed by atoms with Gasteiger partial charge in [-0.2, -0.15) is 0 Å². The van der Waals surface area contributed by atoms with Crippen molar-refractivity contribution in [3.8, 4) is 0 Å². The maximum Gasteiger partial charge on any atom is 0.269 e. The fourth-order valence-electron chi connectivity index (χ4n) is 2.86. The van der Waals surface area contributed by atoms with E-state index < -0.39 is 7.05 Å². The maximum absolute atomic E-state index is 12.7. The zero-order chi connectivity index (χ0) is 19.1. The quantitative estimate of drug-likeness (QED) is 0.428. The van der Waals surface area contributed by atoms with Crippen LogP contribution in [0.5, 0.6) is 0 Å². The second-order valence-electron chi connectivity index (χ2n) is 6.22. The van der Waals surface area contributed by atoms with Crippen LogP contribution < -0.4 is 10.6 Å². The van der Waals surface area contributed by atoms with E-state index in [1.165, 1.54) is 11.6 Å². The van der Waals surface area contributed by atoms with Crippen molar-refractivity contribution in [3.63, 3.8) is 0 Å². The molecule has 0 atom stereocenters. The Morgan fingerprint density at radius 1 is 0.852 bits per heavy atom. The number of aryl methyl sites for hydroxylation is 1. The predicted molar refractivity (Wildman–Crippen MR) is 117 cm³/mol. The highest BCUT2D eigenvalue weighted by molar-refractivity contribution is 7.83. The van der Waals surface area contributed by atoms with Crippen molar-refractivity contribution in [3.05, 3.63) is 115 Å². The van der Waals surface area contributed by atoms with Gasteiger partial charge in [-0.3, -0.25) is 4.79 Å². The Kier molecular flexibility index (Phi) is 6.01. The number of hydrogen-bond donors (Lipinski definition) is 0. The van der Waals surface area contributed by atoms with Gasteiger partial charge < -0.3 is 0 Å². The molecule has 0 unspecified atom stereocenters. The highest BCUT2D eigenvalue weighted by Crippen LogP contribution is 2.48. The van der Waals surface area contributed by atoms with Crippen LogP contribution in [0.2, 0.25) is 0 Å². The molecule has 0 aliphatic rings. The van der Waals surface area contributed by atoms with Crippen LogP contribution in [0.25, 0.3) is 6.08 Å². The van der Waals surface area contributed by atoms with Gasteiger partial charge in [0.25, 0.3) is 5.91 Å². The van der Waals surface area contributed by atoms with E-state index in [-0.39, 0.29) is 5.91 Å². The number of nitrogens with zero attached hydrogens (tertiary/aromatic N) is 1. The molecule has 0 spiro atoms. The Hall–Kier alpha value is -2.96. The lowest BCUT2D eigenvalue weighted by Gasteiger charge is -2.21. The summed E-state index contributed by atoms with van der Waals surface area (Å²) in [5.74, 6) is 1.59. The largest absolute Gasteiger partial charge is 0.269 e. The molecular weight excluding hydrogens is 349 g/mol. The van der Waals surface area contributed by atoms with Gasteiger partial charge in [-0.15, -0.1) is 0 Å². The summed E-state index contributed by atoms with van der Waals surface area (Å²) in [6.45, 7) is 6.08. The SMILES string of the molecule is C=CP(=NC(=O)/C=C/c1ccc(C)cc1)(c1ccccc1)c1ccccc1. The fraction of sp³-hybridized carbons (Fsp3) is 0.0417. The van der Waals surface area contributed by atoms with Gasteiger partial charge >= 0.3 is 0 Å². The van der Waals surface area contributed by atoms with Gasteiger partial charge in [0.05, 0.1) is 7.05 Å². The Labute approximate surface area is 161 Å². The molecule has 3 heteroatoms. The molecular formula is C24H22NOP. The molecule has 3 rings (SSSR count). The Morgan fingerprint density at radius 3 is 1.85 bits per heavy atom. The van der Waals surface area contributed by atoms with E-state index in [9.17, 15) is 4.79 Å². The molecule has 0 aliphatic heterocycles. The molecule has 0 saturated heterocycles. The summed E-state index contributed by atoms with van der Waals surface area (Å²) in [6, 6.07) is 27.9. The molecule has 0 bridgehead atoms. The monoisotopic (exact) mass is 371 g/mol. The Morgan fingerprint density at radius 2 is 1.37 bits per heavy atom. The third kappa shape index (κ3) is 4.42. The number of amides is 1. The average Bonchev–Trinajstić information content (AvgIpc) is 2.73. The van der Waals surface area contributed by atoms with Crippen molar-refractivity contribution in [1.82, 2.24) is 0 Å². The topological polar surface area (TPSA) is 29.4 Å². The molecule has 0 fully saturated rings. The van der Waals surface area contributed by atoms with E-state index in [0.29, 0.717) is 0 Å². The fourth-order valence-corrected chi connectivity index (χ4v) is 5.52. The van der Waals surface area contributed by atoms with E-state index >= 15 is 0 Å². The van der Waals surface area contributed by atoms with E-state index in [0.717, 1.165) is 16.2 Å². The van der Waals surface area contributed by atoms with Crippen molar-refractivity contribution >= 4 is 29.6 Å². The third-order valence-corrected chi connectivity index (χ3v) is 7.53. The highest BCUT2D eigenvalue weighted by Gasteiger charge is 2.22. The minimum Gasteiger partial charge on any atom is -0.268 e. The zero-order valence-electron chi connectivity index (χ0n) is 15.3. The summed E-state index contributed by atoms with van der Waals surface area (Å²) in [6.07, 6.45) is 3.34. The first kappa shape index (κ1) is 18.8. The number of rotatable bonds is 5. The molecule has 0 aliphatic carbocycles. The van der Waals surface area contributed by atoms with Crippen LogP contribution in [0.3, 0.4) is 0 Å². The maximum atomic E-state index is 12.7. The van der Waals surface area contributed by atoms with Gasteiger partial charge in [-0.05, 0) is 24.4 Å². The number of hydrogen-bond acceptors (Lipinski definition) is 1. The van der Waals surface area contributed by atoms with Gasteiger partial charge in [0, 0.05) is 16.7 Å². The third-order valence-electron chi connectivity index (χ3n) is 4.32. The summed E-state index contributed by atoms with van der Waals surface area (Å²) in [5.41, 5.74) is 2.17. The van der Waals surface area contributed by atoms with E-state index in [2.05, 4.69) is 11.3 Å². The molecule has 0 radical (unpaired) electrons. The zero-order valence-corrected chi connectivity index (χ0v) is 16.2. The van der Waals surface area contributed by atoms with Crippen molar-refractivity contribution < 1.29 is 4.79 Å². The molecule has 3 aromatic rings. The van der Waals surface area contributed by atoms with E-state index in [1.807, 2.05) is 97.7 Å². The standard InChI is InChI=1S/C24H22NOP/c1-3-27(22-10-6-4-7-11-22,23-12-8-5-9-13-23)25-24(26)19-18-21-16-14-20(2)15-17-21/h3-19H,1H2,2H3/b19-18+. The van der Waals surface area contributed by atoms with Crippen molar-refractivity contribution in [2.24, 2.45) is 4.74 Å². The molecule has 0 aromatic heterocycles. The average molecular weight is 371 g/mol. The smallest absolute Gasteiger partial charge is 0.268 e. The number of carbonyl (C=O) groups excluding carboxylic acids is 1. The molecule has 0 heterocycles. The molecule has 2 nitrogen and oxygen atoms in total. The van der Waals surface area contributed by atoms with Crippen molar-refractivity contribution in [2.45, 2.75) is 6.92 Å². The Bertz CT molecular complexity index is 960. The van der Waals surface area contributed by atoms with Crippen LogP contribution in [0.15, 0.2) is 108 Å². The molecule has 0 saturated carbocycles. The second kappa shape index (κ2) is 8.62. The van der Waals surface area contributed by atoms with Crippen LogP contribution in [0.1, 0.15) is 11.1 Å². The van der Waals surface area contributed by atoms with Crippen LogP contribution in [-0.2, 0) is 4.79 Å². The van der Waals surface area contributed by atoms with Crippen molar-refractivity contribution in [2.75, 3.05) is 0 Å². The molecule has 1 amide bonds. The van der Waals surface area contributed by atoms with Crippen LogP contribution in [0.4, 0.5) is 0 Å². The van der Waals surface area contributed by atoms with Crippen LogP contribution in [0, 0.1) is 6.92 Å². The molecule has 134 valence electrons. The molecule has 27 heavy (non-hydrogen) atoms. The predicted octanol–water partition coefficient (Wildman–Crippen LogP) is 5.53. The van der Waals surface area contributed by atoms with Gasteiger partial charge in [-0.25, -0.2) is 4.74 Å². The van der Waals surface area contributed by atoms with Gasteiger partial charge in [0.2, 0.25) is 0 Å². The summed E-state index contributed by atoms with van der Waals surface area (Å²) < 4.78 is 4.67. The first-order chi connectivity index (χ1) is 13.1. The summed E-state index contributed by atoms with van der Waals surface area (Å²) >= 11 is 0. The summed E-state index contributed by atoms with van der Waals surface area (Å²) in [5, 5.41) is 2.03. The summed E-state index contributed by atoms with van der Waals surface area (Å²) in [7, 11) is -2.38. The lowest BCUT2D eigenvalue weighted by molar-refractivity contribution is -0.113. The van der Waals surface area contributed by atoms with Gasteiger partial charge in [0.15, 0.2) is 0 Å².